The maximum Gasteiger partial charge on any atom is 0.307 e. The Labute approximate surface area is 203 Å². The van der Waals surface area contributed by atoms with E-state index in [2.05, 4.69) is 5.32 Å². The molecule has 1 fully saturated rings. The zero-order valence-corrected chi connectivity index (χ0v) is 20.4. The van der Waals surface area contributed by atoms with E-state index in [1.165, 1.54) is 30.3 Å². The summed E-state index contributed by atoms with van der Waals surface area (Å²) >= 11 is 6.18. The topological polar surface area (TPSA) is 91.7 Å². The predicted molar refractivity (Wildman–Crippen MR) is 133 cm³/mol. The van der Waals surface area contributed by atoms with Gasteiger partial charge < -0.3 is 10.2 Å². The summed E-state index contributed by atoms with van der Waals surface area (Å²) in [5, 5.41) is 3.61. The number of nitrogens with zero attached hydrogens (tertiary/aromatic N) is 3. The van der Waals surface area contributed by atoms with Crippen LogP contribution in [0.25, 0.3) is 17.0 Å². The molecule has 1 aromatic heterocycles. The molecule has 1 saturated heterocycles. The Morgan fingerprint density at radius 2 is 1.68 bits per heavy atom. The summed E-state index contributed by atoms with van der Waals surface area (Å²) in [6.07, 6.45) is 4.76. The summed E-state index contributed by atoms with van der Waals surface area (Å²) in [5.74, 6) is -0.848. The third-order valence-corrected chi connectivity index (χ3v) is 7.76. The van der Waals surface area contributed by atoms with Crippen LogP contribution in [0, 0.1) is 0 Å². The SMILES string of the molecule is CN(C)S(=O)(=O)n1cc(C=C(NC(=O)c2ccccc2Cl)C(=O)N2CCCC2)c2ccccc21. The number of carbonyl (C=O) groups excluding carboxylic acids is 2. The van der Waals surface area contributed by atoms with Gasteiger partial charge in [-0.2, -0.15) is 12.7 Å². The highest BCUT2D eigenvalue weighted by Gasteiger charge is 2.26. The second-order valence-electron chi connectivity index (χ2n) is 8.18. The Morgan fingerprint density at radius 3 is 2.35 bits per heavy atom. The summed E-state index contributed by atoms with van der Waals surface area (Å²) in [6.45, 7) is 1.18. The molecule has 0 atom stereocenters. The molecule has 3 aromatic rings. The summed E-state index contributed by atoms with van der Waals surface area (Å²) in [6, 6.07) is 13.6. The number of rotatable bonds is 6. The third-order valence-electron chi connectivity index (χ3n) is 5.71. The number of nitrogens with one attached hydrogen (secondary N) is 1. The van der Waals surface area contributed by atoms with Crippen molar-refractivity contribution < 1.29 is 18.0 Å². The number of benzene rings is 2. The van der Waals surface area contributed by atoms with Crippen molar-refractivity contribution in [2.75, 3.05) is 27.2 Å². The number of halogens is 1. The molecule has 2 heterocycles. The van der Waals surface area contributed by atoms with Gasteiger partial charge in [-0.25, -0.2) is 3.97 Å². The van der Waals surface area contributed by atoms with Crippen molar-refractivity contribution in [2.24, 2.45) is 0 Å². The van der Waals surface area contributed by atoms with Crippen LogP contribution in [0.3, 0.4) is 0 Å². The first-order chi connectivity index (χ1) is 16.2. The molecule has 1 aliphatic heterocycles. The molecule has 0 unspecified atom stereocenters. The second-order valence-corrected chi connectivity index (χ2v) is 10.6. The fraction of sp³-hybridized carbons (Fsp3) is 0.250. The lowest BCUT2D eigenvalue weighted by Crippen LogP contribution is -2.36. The van der Waals surface area contributed by atoms with Crippen LogP contribution in [0.2, 0.25) is 5.02 Å². The van der Waals surface area contributed by atoms with Crippen molar-refractivity contribution in [2.45, 2.75) is 12.8 Å². The first-order valence-electron chi connectivity index (χ1n) is 10.8. The minimum Gasteiger partial charge on any atom is -0.337 e. The molecular weight excluding hydrogens is 476 g/mol. The Balaban J connectivity index is 1.83. The van der Waals surface area contributed by atoms with Crippen molar-refractivity contribution in [3.05, 3.63) is 76.6 Å². The summed E-state index contributed by atoms with van der Waals surface area (Å²) in [7, 11) is -0.905. The molecule has 2 aromatic carbocycles. The van der Waals surface area contributed by atoms with E-state index in [-0.39, 0.29) is 22.2 Å². The average Bonchev–Trinajstić information content (AvgIpc) is 3.47. The first kappa shape index (κ1) is 24.0. The monoisotopic (exact) mass is 500 g/mol. The molecule has 2 amide bonds. The van der Waals surface area contributed by atoms with Crippen molar-refractivity contribution in [1.82, 2.24) is 18.5 Å². The van der Waals surface area contributed by atoms with Crippen LogP contribution in [0.5, 0.6) is 0 Å². The van der Waals surface area contributed by atoms with E-state index in [0.717, 1.165) is 17.1 Å². The van der Waals surface area contributed by atoms with Gasteiger partial charge in [-0.3, -0.25) is 9.59 Å². The average molecular weight is 501 g/mol. The van der Waals surface area contributed by atoms with Gasteiger partial charge in [-0.15, -0.1) is 0 Å². The van der Waals surface area contributed by atoms with Crippen molar-refractivity contribution >= 4 is 50.6 Å². The maximum absolute atomic E-state index is 13.3. The van der Waals surface area contributed by atoms with E-state index >= 15 is 0 Å². The number of likely N-dealkylation sites (tertiary alicyclic amines) is 1. The Morgan fingerprint density at radius 1 is 1.03 bits per heavy atom. The first-order valence-corrected chi connectivity index (χ1v) is 12.6. The van der Waals surface area contributed by atoms with Gasteiger partial charge in [0.1, 0.15) is 5.70 Å². The fourth-order valence-corrected chi connectivity index (χ4v) is 5.12. The van der Waals surface area contributed by atoms with Crippen molar-refractivity contribution in [3.8, 4) is 0 Å². The lowest BCUT2D eigenvalue weighted by molar-refractivity contribution is -0.126. The Kier molecular flexibility index (Phi) is 6.79. The molecule has 4 rings (SSSR count). The molecule has 178 valence electrons. The number of para-hydroxylation sites is 1. The fourth-order valence-electron chi connectivity index (χ4n) is 3.89. The number of aromatic nitrogens is 1. The largest absolute Gasteiger partial charge is 0.337 e. The van der Waals surface area contributed by atoms with Gasteiger partial charge in [0, 0.05) is 44.3 Å². The Hall–Kier alpha value is -3.14. The Bertz CT molecular complexity index is 1390. The molecule has 0 radical (unpaired) electrons. The van der Waals surface area contributed by atoms with Crippen LogP contribution in [0.1, 0.15) is 28.8 Å². The van der Waals surface area contributed by atoms with Crippen LogP contribution in [-0.4, -0.2) is 60.6 Å². The highest BCUT2D eigenvalue weighted by Crippen LogP contribution is 2.26. The lowest BCUT2D eigenvalue weighted by Gasteiger charge is -2.18. The van der Waals surface area contributed by atoms with Gasteiger partial charge in [0.15, 0.2) is 0 Å². The van der Waals surface area contributed by atoms with E-state index < -0.39 is 16.1 Å². The third kappa shape index (κ3) is 4.59. The van der Waals surface area contributed by atoms with Crippen LogP contribution < -0.4 is 5.32 Å². The summed E-state index contributed by atoms with van der Waals surface area (Å²) in [4.78, 5) is 28.0. The number of hydrogen-bond acceptors (Lipinski definition) is 4. The van der Waals surface area contributed by atoms with E-state index in [0.29, 0.717) is 29.6 Å². The van der Waals surface area contributed by atoms with Crippen LogP contribution in [-0.2, 0) is 15.0 Å². The van der Waals surface area contributed by atoms with E-state index in [9.17, 15) is 18.0 Å². The van der Waals surface area contributed by atoms with Crippen LogP contribution >= 0.6 is 11.6 Å². The second kappa shape index (κ2) is 9.61. The summed E-state index contributed by atoms with van der Waals surface area (Å²) < 4.78 is 28.1. The highest BCUT2D eigenvalue weighted by atomic mass is 35.5. The quantitative estimate of drug-likeness (QED) is 0.525. The normalized spacial score (nSPS) is 14.7. The molecule has 1 N–H and O–H groups in total. The smallest absolute Gasteiger partial charge is 0.307 e. The van der Waals surface area contributed by atoms with Crippen LogP contribution in [0.15, 0.2) is 60.4 Å². The number of hydrogen-bond donors (Lipinski definition) is 1. The van der Waals surface area contributed by atoms with Crippen molar-refractivity contribution in [1.29, 1.82) is 0 Å². The number of carbonyl (C=O) groups is 2. The standard InChI is InChI=1S/C24H25ClN4O4S/c1-27(2)34(32,33)29-16-17(18-9-4-6-12-22(18)29)15-21(24(31)28-13-7-8-14-28)26-23(30)19-10-3-5-11-20(19)25/h3-6,9-12,15-16H,7-8,13-14H2,1-2H3,(H,26,30). The lowest BCUT2D eigenvalue weighted by atomic mass is 10.1. The minimum absolute atomic E-state index is 0.0528. The van der Waals surface area contributed by atoms with Gasteiger partial charge in [0.05, 0.1) is 16.1 Å². The molecule has 8 nitrogen and oxygen atoms in total. The zero-order chi connectivity index (χ0) is 24.5. The maximum atomic E-state index is 13.3. The van der Waals surface area contributed by atoms with Gasteiger partial charge in [-0.05, 0) is 37.1 Å². The van der Waals surface area contributed by atoms with Gasteiger partial charge in [-0.1, -0.05) is 41.9 Å². The molecule has 0 saturated carbocycles. The number of amides is 2. The van der Waals surface area contributed by atoms with Gasteiger partial charge in [0.2, 0.25) is 0 Å². The molecule has 1 aliphatic rings. The predicted octanol–water partition coefficient (Wildman–Crippen LogP) is 3.34. The zero-order valence-electron chi connectivity index (χ0n) is 18.9. The number of fused-ring (bicyclic) bond motifs is 1. The van der Waals surface area contributed by atoms with E-state index in [1.54, 1.807) is 53.4 Å². The van der Waals surface area contributed by atoms with E-state index in [1.807, 2.05) is 0 Å². The summed E-state index contributed by atoms with van der Waals surface area (Å²) in [5.41, 5.74) is 1.25. The van der Waals surface area contributed by atoms with Crippen molar-refractivity contribution in [3.63, 3.8) is 0 Å². The molecule has 0 spiro atoms. The molecule has 10 heteroatoms. The molecule has 0 bridgehead atoms. The van der Waals surface area contributed by atoms with Gasteiger partial charge in [0.25, 0.3) is 11.8 Å². The van der Waals surface area contributed by atoms with E-state index in [4.69, 9.17) is 11.6 Å². The minimum atomic E-state index is -3.81. The molecular formula is C24H25ClN4O4S. The van der Waals surface area contributed by atoms with Crippen LogP contribution in [0.4, 0.5) is 0 Å². The molecule has 0 aliphatic carbocycles. The molecule has 34 heavy (non-hydrogen) atoms. The van der Waals surface area contributed by atoms with Gasteiger partial charge >= 0.3 is 10.2 Å². The highest BCUT2D eigenvalue weighted by molar-refractivity contribution is 7.87.